The zero-order valence-electron chi connectivity index (χ0n) is 9.87. The quantitative estimate of drug-likeness (QED) is 0.844. The van der Waals surface area contributed by atoms with E-state index in [0.717, 1.165) is 5.82 Å². The molecule has 90 valence electrons. The molecule has 0 saturated carbocycles. The molecule has 0 aromatic carbocycles. The lowest BCUT2D eigenvalue weighted by molar-refractivity contribution is 0.494. The summed E-state index contributed by atoms with van der Waals surface area (Å²) in [7, 11) is 0. The summed E-state index contributed by atoms with van der Waals surface area (Å²) < 4.78 is 3.31. The third-order valence-corrected chi connectivity index (χ3v) is 2.45. The monoisotopic (exact) mass is 233 g/mol. The van der Waals surface area contributed by atoms with Crippen LogP contribution in [-0.2, 0) is 6.54 Å². The number of nitrogen functional groups attached to an aromatic ring is 1. The van der Waals surface area contributed by atoms with Crippen LogP contribution >= 0.6 is 0 Å². The molecule has 2 aromatic rings. The number of hydrogen-bond donors (Lipinski definition) is 1. The van der Waals surface area contributed by atoms with Gasteiger partial charge in [-0.3, -0.25) is 4.79 Å². The van der Waals surface area contributed by atoms with Gasteiger partial charge in [-0.25, -0.2) is 9.67 Å². The van der Waals surface area contributed by atoms with E-state index in [1.165, 1.54) is 17.0 Å². The largest absolute Gasteiger partial charge is 0.398 e. The van der Waals surface area contributed by atoms with Gasteiger partial charge in [-0.05, 0) is 19.9 Å². The van der Waals surface area contributed by atoms with Crippen LogP contribution in [-0.4, -0.2) is 19.3 Å². The molecule has 0 saturated heterocycles. The van der Waals surface area contributed by atoms with E-state index in [0.29, 0.717) is 12.2 Å². The number of rotatable bonds is 3. The molecular weight excluding hydrogens is 218 g/mol. The molecule has 2 heterocycles. The lowest BCUT2D eigenvalue weighted by Gasteiger charge is -2.10. The van der Waals surface area contributed by atoms with Crippen molar-refractivity contribution >= 4 is 5.69 Å². The van der Waals surface area contributed by atoms with Gasteiger partial charge in [0.2, 0.25) is 0 Å². The molecular formula is C11H15N5O. The van der Waals surface area contributed by atoms with E-state index in [2.05, 4.69) is 10.1 Å². The van der Waals surface area contributed by atoms with E-state index in [1.54, 1.807) is 16.9 Å². The molecule has 0 spiro atoms. The minimum atomic E-state index is -0.0995. The Morgan fingerprint density at radius 2 is 2.18 bits per heavy atom. The maximum absolute atomic E-state index is 11.6. The molecule has 0 fully saturated rings. The topological polar surface area (TPSA) is 78.7 Å². The predicted octanol–water partition coefficient (Wildman–Crippen LogP) is 0.651. The van der Waals surface area contributed by atoms with Crippen LogP contribution in [0.2, 0.25) is 0 Å². The van der Waals surface area contributed by atoms with E-state index in [-0.39, 0.29) is 11.6 Å². The zero-order valence-corrected chi connectivity index (χ0v) is 9.87. The molecule has 2 rings (SSSR count). The molecule has 0 unspecified atom stereocenters. The number of pyridine rings is 1. The van der Waals surface area contributed by atoms with E-state index in [1.807, 2.05) is 13.8 Å². The van der Waals surface area contributed by atoms with E-state index in [4.69, 9.17) is 5.73 Å². The summed E-state index contributed by atoms with van der Waals surface area (Å²) in [4.78, 5) is 15.8. The summed E-state index contributed by atoms with van der Waals surface area (Å²) in [5.41, 5.74) is 6.11. The van der Waals surface area contributed by atoms with Crippen LogP contribution in [0.25, 0.3) is 0 Å². The molecule has 2 aromatic heterocycles. The third kappa shape index (κ3) is 2.35. The Morgan fingerprint density at radius 1 is 1.41 bits per heavy atom. The first-order valence-corrected chi connectivity index (χ1v) is 5.42. The van der Waals surface area contributed by atoms with Crippen LogP contribution in [0.1, 0.15) is 25.7 Å². The van der Waals surface area contributed by atoms with E-state index >= 15 is 0 Å². The second-order valence-electron chi connectivity index (χ2n) is 4.14. The number of nitrogens with two attached hydrogens (primary N) is 1. The van der Waals surface area contributed by atoms with Crippen molar-refractivity contribution in [2.45, 2.75) is 26.4 Å². The van der Waals surface area contributed by atoms with E-state index < -0.39 is 0 Å². The maximum Gasteiger partial charge on any atom is 0.251 e. The number of nitrogens with zero attached hydrogens (tertiary/aromatic N) is 4. The van der Waals surface area contributed by atoms with Gasteiger partial charge in [-0.2, -0.15) is 5.10 Å². The summed E-state index contributed by atoms with van der Waals surface area (Å²) >= 11 is 0. The fourth-order valence-corrected chi connectivity index (χ4v) is 1.64. The standard InChI is InChI=1S/C11H15N5O/c1-8(2)16-10(13-7-14-16)6-15-5-9(12)3-4-11(15)17/h3-5,7-8H,6,12H2,1-2H3. The van der Waals surface area contributed by atoms with Crippen LogP contribution in [0, 0.1) is 0 Å². The van der Waals surface area contributed by atoms with Crippen molar-refractivity contribution in [2.24, 2.45) is 0 Å². The lowest BCUT2D eigenvalue weighted by Crippen LogP contribution is -2.22. The highest BCUT2D eigenvalue weighted by molar-refractivity contribution is 5.33. The first kappa shape index (κ1) is 11.4. The van der Waals surface area contributed by atoms with Crippen LogP contribution in [0.5, 0.6) is 0 Å². The average molecular weight is 233 g/mol. The van der Waals surface area contributed by atoms with Crippen molar-refractivity contribution in [3.05, 3.63) is 40.8 Å². The second-order valence-corrected chi connectivity index (χ2v) is 4.14. The summed E-state index contributed by atoms with van der Waals surface area (Å²) in [6.07, 6.45) is 3.11. The Bertz CT molecular complexity index is 569. The normalized spacial score (nSPS) is 11.0. The minimum absolute atomic E-state index is 0.0995. The molecule has 0 atom stereocenters. The fourth-order valence-electron chi connectivity index (χ4n) is 1.64. The van der Waals surface area contributed by atoms with Gasteiger partial charge >= 0.3 is 0 Å². The Kier molecular flexibility index (Phi) is 2.95. The van der Waals surface area contributed by atoms with Gasteiger partial charge in [-0.15, -0.1) is 0 Å². The summed E-state index contributed by atoms with van der Waals surface area (Å²) in [6.45, 7) is 4.41. The molecule has 0 radical (unpaired) electrons. The van der Waals surface area contributed by atoms with Crippen molar-refractivity contribution in [2.75, 3.05) is 5.73 Å². The SMILES string of the molecule is CC(C)n1ncnc1Cn1cc(N)ccc1=O. The summed E-state index contributed by atoms with van der Waals surface area (Å²) in [5.74, 6) is 0.743. The van der Waals surface area contributed by atoms with Crippen molar-refractivity contribution in [1.29, 1.82) is 0 Å². The Hall–Kier alpha value is -2.11. The Labute approximate surface area is 98.7 Å². The van der Waals surface area contributed by atoms with Gasteiger partial charge in [-0.1, -0.05) is 0 Å². The van der Waals surface area contributed by atoms with Crippen molar-refractivity contribution in [3.8, 4) is 0 Å². The molecule has 0 aliphatic rings. The molecule has 0 aliphatic heterocycles. The summed E-state index contributed by atoms with van der Waals surface area (Å²) in [5, 5.41) is 4.12. The van der Waals surface area contributed by atoms with E-state index in [9.17, 15) is 4.79 Å². The maximum atomic E-state index is 11.6. The number of hydrogen-bond acceptors (Lipinski definition) is 4. The highest BCUT2D eigenvalue weighted by Crippen LogP contribution is 2.06. The van der Waals surface area contributed by atoms with Gasteiger partial charge in [0, 0.05) is 24.0 Å². The van der Waals surface area contributed by atoms with Gasteiger partial charge in [0.25, 0.3) is 5.56 Å². The second kappa shape index (κ2) is 4.40. The van der Waals surface area contributed by atoms with Crippen molar-refractivity contribution < 1.29 is 0 Å². The third-order valence-electron chi connectivity index (χ3n) is 2.45. The van der Waals surface area contributed by atoms with Gasteiger partial charge < -0.3 is 10.3 Å². The van der Waals surface area contributed by atoms with Crippen LogP contribution in [0.3, 0.4) is 0 Å². The average Bonchev–Trinajstić information content (AvgIpc) is 2.71. The minimum Gasteiger partial charge on any atom is -0.398 e. The van der Waals surface area contributed by atoms with Crippen LogP contribution in [0.4, 0.5) is 5.69 Å². The Morgan fingerprint density at radius 3 is 2.88 bits per heavy atom. The lowest BCUT2D eigenvalue weighted by atomic mass is 10.4. The first-order valence-electron chi connectivity index (χ1n) is 5.42. The molecule has 6 nitrogen and oxygen atoms in total. The molecule has 0 aliphatic carbocycles. The van der Waals surface area contributed by atoms with Crippen molar-refractivity contribution in [3.63, 3.8) is 0 Å². The highest BCUT2D eigenvalue weighted by Gasteiger charge is 2.08. The van der Waals surface area contributed by atoms with Crippen LogP contribution in [0.15, 0.2) is 29.5 Å². The highest BCUT2D eigenvalue weighted by atomic mass is 16.1. The molecule has 17 heavy (non-hydrogen) atoms. The van der Waals surface area contributed by atoms with Gasteiger partial charge in [0.15, 0.2) is 0 Å². The molecule has 6 heteroatoms. The Balaban J connectivity index is 2.35. The zero-order chi connectivity index (χ0) is 12.4. The molecule has 2 N–H and O–H groups in total. The smallest absolute Gasteiger partial charge is 0.251 e. The summed E-state index contributed by atoms with van der Waals surface area (Å²) in [6, 6.07) is 3.25. The molecule has 0 amide bonds. The first-order chi connectivity index (χ1) is 8.08. The number of aromatic nitrogens is 4. The predicted molar refractivity (Wildman–Crippen MR) is 64.6 cm³/mol. The number of anilines is 1. The van der Waals surface area contributed by atoms with Crippen LogP contribution < -0.4 is 11.3 Å². The van der Waals surface area contributed by atoms with Crippen molar-refractivity contribution in [1.82, 2.24) is 19.3 Å². The molecule has 0 bridgehead atoms. The van der Waals surface area contributed by atoms with Gasteiger partial charge in [0.1, 0.15) is 12.2 Å². The fraction of sp³-hybridized carbons (Fsp3) is 0.364. The van der Waals surface area contributed by atoms with Gasteiger partial charge in [0.05, 0.1) is 6.54 Å².